The van der Waals surface area contributed by atoms with Gasteiger partial charge in [-0.2, -0.15) is 5.10 Å². The first-order chi connectivity index (χ1) is 17.9. The lowest BCUT2D eigenvalue weighted by molar-refractivity contribution is 0.138. The van der Waals surface area contributed by atoms with Crippen LogP contribution in [0.2, 0.25) is 0 Å². The molecule has 0 radical (unpaired) electrons. The topological polar surface area (TPSA) is 64.2 Å². The summed E-state index contributed by atoms with van der Waals surface area (Å²) in [5.74, 6) is 4.27. The number of nitrogens with zero attached hydrogens (tertiary/aromatic N) is 7. The van der Waals surface area contributed by atoms with Crippen LogP contribution in [0.5, 0.6) is 5.75 Å². The van der Waals surface area contributed by atoms with E-state index < -0.39 is 0 Å². The first-order valence-electron chi connectivity index (χ1n) is 14.2. The molecule has 198 valence electrons. The minimum absolute atomic E-state index is 0.224. The summed E-state index contributed by atoms with van der Waals surface area (Å²) < 4.78 is 10.5. The largest absolute Gasteiger partial charge is 0.491 e. The van der Waals surface area contributed by atoms with E-state index in [2.05, 4.69) is 71.6 Å². The van der Waals surface area contributed by atoms with Crippen LogP contribution in [-0.2, 0) is 6.54 Å². The minimum atomic E-state index is 0.224. The molecule has 0 amide bonds. The maximum absolute atomic E-state index is 6.29. The number of fused-ring (bicyclic) bond motifs is 3. The van der Waals surface area contributed by atoms with E-state index in [1.165, 1.54) is 44.5 Å². The van der Waals surface area contributed by atoms with Crippen molar-refractivity contribution in [3.05, 3.63) is 30.2 Å². The Labute approximate surface area is 220 Å². The summed E-state index contributed by atoms with van der Waals surface area (Å²) in [5, 5.41) is 4.59. The van der Waals surface area contributed by atoms with Crippen LogP contribution in [0.1, 0.15) is 65.2 Å². The number of likely N-dealkylation sites (tertiary alicyclic amines) is 1. The molecule has 37 heavy (non-hydrogen) atoms. The zero-order valence-electron chi connectivity index (χ0n) is 23.0. The fourth-order valence-corrected chi connectivity index (χ4v) is 6.55. The molecule has 3 aromatic rings. The van der Waals surface area contributed by atoms with Gasteiger partial charge in [-0.25, -0.2) is 14.6 Å². The van der Waals surface area contributed by atoms with Gasteiger partial charge in [-0.15, -0.1) is 0 Å². The molecule has 0 spiro atoms. The lowest BCUT2D eigenvalue weighted by Crippen LogP contribution is -2.44. The van der Waals surface area contributed by atoms with Gasteiger partial charge in [-0.05, 0) is 91.4 Å². The number of ether oxygens (including phenoxy) is 1. The Kier molecular flexibility index (Phi) is 6.47. The molecule has 2 aromatic heterocycles. The van der Waals surface area contributed by atoms with E-state index in [1.807, 2.05) is 11.6 Å². The number of hydrogen-bond donors (Lipinski definition) is 0. The third kappa shape index (κ3) is 4.54. The number of imidazole rings is 1. The van der Waals surface area contributed by atoms with Gasteiger partial charge in [-0.1, -0.05) is 0 Å². The minimum Gasteiger partial charge on any atom is -0.491 e. The van der Waals surface area contributed by atoms with Crippen molar-refractivity contribution in [3.63, 3.8) is 0 Å². The highest BCUT2D eigenvalue weighted by atomic mass is 16.5. The van der Waals surface area contributed by atoms with E-state index >= 15 is 0 Å². The van der Waals surface area contributed by atoms with E-state index in [9.17, 15) is 0 Å². The van der Waals surface area contributed by atoms with Gasteiger partial charge in [0.1, 0.15) is 29.7 Å². The molecule has 3 aliphatic heterocycles. The maximum Gasteiger partial charge on any atom is 0.178 e. The van der Waals surface area contributed by atoms with Crippen molar-refractivity contribution >= 4 is 5.69 Å². The molecular formula is C29H41N7O. The third-order valence-corrected chi connectivity index (χ3v) is 8.51. The monoisotopic (exact) mass is 503 g/mol. The highest BCUT2D eigenvalue weighted by Gasteiger charge is 2.35. The number of benzene rings is 1. The number of piperidine rings is 1. The van der Waals surface area contributed by atoms with Crippen LogP contribution < -0.4 is 9.64 Å². The molecule has 8 nitrogen and oxygen atoms in total. The molecule has 0 saturated carbocycles. The molecule has 5 heterocycles. The van der Waals surface area contributed by atoms with Crippen LogP contribution in [-0.4, -0.2) is 67.5 Å². The van der Waals surface area contributed by atoms with Crippen molar-refractivity contribution in [2.24, 2.45) is 5.92 Å². The van der Waals surface area contributed by atoms with Crippen molar-refractivity contribution in [3.8, 4) is 28.7 Å². The second-order valence-corrected chi connectivity index (χ2v) is 11.6. The molecule has 0 aliphatic carbocycles. The summed E-state index contributed by atoms with van der Waals surface area (Å²) in [6.45, 7) is 15.8. The van der Waals surface area contributed by atoms with Crippen LogP contribution in [0.15, 0.2) is 24.4 Å². The Bertz CT molecular complexity index is 1250. The summed E-state index contributed by atoms with van der Waals surface area (Å²) in [4.78, 5) is 15.0. The van der Waals surface area contributed by atoms with Gasteiger partial charge in [0.05, 0.1) is 12.1 Å². The van der Waals surface area contributed by atoms with Crippen LogP contribution in [0.4, 0.5) is 5.69 Å². The first-order valence-corrected chi connectivity index (χ1v) is 14.2. The zero-order chi connectivity index (χ0) is 25.7. The average Bonchev–Trinajstić information content (AvgIpc) is 3.60. The molecule has 1 atom stereocenters. The predicted molar refractivity (Wildman–Crippen MR) is 147 cm³/mol. The third-order valence-electron chi connectivity index (χ3n) is 8.51. The van der Waals surface area contributed by atoms with Gasteiger partial charge in [0, 0.05) is 42.6 Å². The molecule has 0 bridgehead atoms. The van der Waals surface area contributed by atoms with Gasteiger partial charge < -0.3 is 19.1 Å². The van der Waals surface area contributed by atoms with Crippen molar-refractivity contribution in [1.82, 2.24) is 29.2 Å². The van der Waals surface area contributed by atoms with Gasteiger partial charge in [0.15, 0.2) is 5.82 Å². The molecule has 6 rings (SSSR count). The smallest absolute Gasteiger partial charge is 0.178 e. The van der Waals surface area contributed by atoms with Crippen LogP contribution in [0, 0.1) is 12.8 Å². The number of hydrogen-bond acceptors (Lipinski definition) is 6. The average molecular weight is 504 g/mol. The number of aryl methyl sites for hydroxylation is 1. The Morgan fingerprint density at radius 1 is 0.919 bits per heavy atom. The summed E-state index contributed by atoms with van der Waals surface area (Å²) in [5.41, 5.74) is 3.22. The second kappa shape index (κ2) is 9.78. The lowest BCUT2D eigenvalue weighted by Gasteiger charge is -2.40. The number of aromatic nitrogens is 5. The summed E-state index contributed by atoms with van der Waals surface area (Å²) in [6, 6.07) is 8.28. The molecule has 1 aromatic carbocycles. The van der Waals surface area contributed by atoms with Gasteiger partial charge in [-0.3, -0.25) is 0 Å². The Balaban J connectivity index is 1.27. The Morgan fingerprint density at radius 2 is 1.73 bits per heavy atom. The van der Waals surface area contributed by atoms with Crippen molar-refractivity contribution in [2.75, 3.05) is 31.1 Å². The summed E-state index contributed by atoms with van der Waals surface area (Å²) in [7, 11) is 0. The van der Waals surface area contributed by atoms with Crippen LogP contribution in [0.25, 0.3) is 22.9 Å². The molecule has 8 heteroatoms. The molecular weight excluding hydrogens is 462 g/mol. The van der Waals surface area contributed by atoms with E-state index in [0.29, 0.717) is 18.7 Å². The van der Waals surface area contributed by atoms with E-state index in [1.54, 1.807) is 0 Å². The lowest BCUT2D eigenvalue weighted by atomic mass is 9.87. The van der Waals surface area contributed by atoms with Gasteiger partial charge in [0.2, 0.25) is 0 Å². The quantitative estimate of drug-likeness (QED) is 0.478. The number of anilines is 1. The van der Waals surface area contributed by atoms with Crippen LogP contribution >= 0.6 is 0 Å². The highest BCUT2D eigenvalue weighted by Crippen LogP contribution is 2.40. The van der Waals surface area contributed by atoms with Crippen molar-refractivity contribution in [1.29, 1.82) is 0 Å². The predicted octanol–water partition coefficient (Wildman–Crippen LogP) is 5.18. The van der Waals surface area contributed by atoms with E-state index in [-0.39, 0.29) is 6.04 Å². The van der Waals surface area contributed by atoms with Crippen molar-refractivity contribution < 1.29 is 4.74 Å². The number of rotatable bonds is 5. The molecule has 0 unspecified atom stereocenters. The fourth-order valence-electron chi connectivity index (χ4n) is 6.55. The standard InChI is InChI=1S/C29H41N7O/c1-19(2)33-13-10-22(11-14-33)26-7-6-12-35(26)23-8-9-24-27(17-23)37-16-15-34-18-25(31-28(24)34)29-30-21(5)32-36(29)20(3)4/h8-9,17-20,22,26H,6-7,10-16H2,1-5H3/t26-/m0/s1. The second-order valence-electron chi connectivity index (χ2n) is 11.6. The molecule has 0 N–H and O–H groups in total. The van der Waals surface area contributed by atoms with Crippen molar-refractivity contribution in [2.45, 2.75) is 85.0 Å². The Hall–Kier alpha value is -2.87. The van der Waals surface area contributed by atoms with E-state index in [4.69, 9.17) is 14.7 Å². The zero-order valence-corrected chi connectivity index (χ0v) is 23.0. The SMILES string of the molecule is Cc1nc(-c2cn3c(n2)-c2ccc(N4CCC[C@H]4C4CCN(C(C)C)CC4)cc2OCC3)n(C(C)C)n1. The van der Waals surface area contributed by atoms with Crippen LogP contribution in [0.3, 0.4) is 0 Å². The van der Waals surface area contributed by atoms with E-state index in [0.717, 1.165) is 53.5 Å². The molecule has 2 saturated heterocycles. The Morgan fingerprint density at radius 3 is 2.49 bits per heavy atom. The van der Waals surface area contributed by atoms with Gasteiger partial charge >= 0.3 is 0 Å². The summed E-state index contributed by atoms with van der Waals surface area (Å²) in [6.07, 6.45) is 7.29. The molecule has 3 aliphatic rings. The fraction of sp³-hybridized carbons (Fsp3) is 0.621. The highest BCUT2D eigenvalue weighted by molar-refractivity contribution is 5.72. The maximum atomic E-state index is 6.29. The molecule has 2 fully saturated rings. The first kappa shape index (κ1) is 24.5. The van der Waals surface area contributed by atoms with Gasteiger partial charge in [0.25, 0.3) is 0 Å². The summed E-state index contributed by atoms with van der Waals surface area (Å²) >= 11 is 0. The normalized spacial score (nSPS) is 20.8.